The first-order valence-electron chi connectivity index (χ1n) is 7.91. The smallest absolute Gasteiger partial charge is 0.317 e. The van der Waals surface area contributed by atoms with Gasteiger partial charge in [-0.15, -0.1) is 0 Å². The van der Waals surface area contributed by atoms with Crippen molar-refractivity contribution in [2.75, 3.05) is 13.1 Å². The second-order valence-corrected chi connectivity index (χ2v) is 6.68. The molecule has 5 heteroatoms. The first-order chi connectivity index (χ1) is 9.63. The highest BCUT2D eigenvalue weighted by Crippen LogP contribution is 2.42. The van der Waals surface area contributed by atoms with Crippen LogP contribution in [0.3, 0.4) is 0 Å². The summed E-state index contributed by atoms with van der Waals surface area (Å²) in [5, 5.41) is 12.1. The Labute approximate surface area is 119 Å². The second kappa shape index (κ2) is 5.62. The van der Waals surface area contributed by atoms with E-state index in [0.29, 0.717) is 25.6 Å². The van der Waals surface area contributed by atoms with Crippen LogP contribution in [-0.4, -0.2) is 41.1 Å². The van der Waals surface area contributed by atoms with Crippen LogP contribution in [0.4, 0.5) is 4.79 Å². The lowest BCUT2D eigenvalue weighted by Crippen LogP contribution is -2.46. The molecule has 112 valence electrons. The molecule has 2 saturated carbocycles. The zero-order valence-corrected chi connectivity index (χ0v) is 11.9. The fourth-order valence-electron chi connectivity index (χ4n) is 4.25. The number of hydrogen-bond acceptors (Lipinski definition) is 2. The van der Waals surface area contributed by atoms with E-state index >= 15 is 0 Å². The van der Waals surface area contributed by atoms with Gasteiger partial charge in [-0.2, -0.15) is 0 Å². The summed E-state index contributed by atoms with van der Waals surface area (Å²) in [6, 6.07) is 0.237. The molecule has 0 aromatic heterocycles. The number of aliphatic carboxylic acids is 1. The molecule has 5 nitrogen and oxygen atoms in total. The summed E-state index contributed by atoms with van der Waals surface area (Å²) in [5.74, 6) is 0.531. The molecule has 3 aliphatic rings. The van der Waals surface area contributed by atoms with Gasteiger partial charge in [-0.3, -0.25) is 4.79 Å². The third kappa shape index (κ3) is 2.76. The van der Waals surface area contributed by atoms with Gasteiger partial charge in [0.1, 0.15) is 0 Å². The zero-order chi connectivity index (χ0) is 14.1. The van der Waals surface area contributed by atoms with Crippen molar-refractivity contribution in [1.82, 2.24) is 10.2 Å². The molecular weight excluding hydrogens is 256 g/mol. The van der Waals surface area contributed by atoms with Crippen LogP contribution < -0.4 is 5.32 Å². The number of urea groups is 1. The van der Waals surface area contributed by atoms with Gasteiger partial charge in [0, 0.05) is 19.1 Å². The summed E-state index contributed by atoms with van der Waals surface area (Å²) in [4.78, 5) is 24.8. The Kier molecular flexibility index (Phi) is 3.85. The maximum absolute atomic E-state index is 12.2. The highest BCUT2D eigenvalue weighted by atomic mass is 16.4. The Morgan fingerprint density at radius 1 is 1.05 bits per heavy atom. The summed E-state index contributed by atoms with van der Waals surface area (Å²) >= 11 is 0. The van der Waals surface area contributed by atoms with Crippen LogP contribution in [0.15, 0.2) is 0 Å². The normalized spacial score (nSPS) is 36.7. The van der Waals surface area contributed by atoms with E-state index in [1.165, 1.54) is 25.7 Å². The number of carboxylic acid groups (broad SMARTS) is 1. The molecule has 2 aliphatic carbocycles. The van der Waals surface area contributed by atoms with Crippen LogP contribution in [0.25, 0.3) is 0 Å². The largest absolute Gasteiger partial charge is 0.481 e. The lowest BCUT2D eigenvalue weighted by molar-refractivity contribution is -0.141. The first-order valence-corrected chi connectivity index (χ1v) is 7.91. The van der Waals surface area contributed by atoms with Crippen LogP contribution in [0.2, 0.25) is 0 Å². The van der Waals surface area contributed by atoms with Crippen LogP contribution >= 0.6 is 0 Å². The van der Waals surface area contributed by atoms with Crippen LogP contribution in [0, 0.1) is 17.8 Å². The molecule has 0 spiro atoms. The van der Waals surface area contributed by atoms with E-state index in [4.69, 9.17) is 5.11 Å². The van der Waals surface area contributed by atoms with Crippen molar-refractivity contribution in [1.29, 1.82) is 0 Å². The van der Waals surface area contributed by atoms with Gasteiger partial charge >= 0.3 is 12.0 Å². The second-order valence-electron chi connectivity index (χ2n) is 6.68. The minimum atomic E-state index is -0.785. The zero-order valence-electron chi connectivity index (χ0n) is 11.9. The first kappa shape index (κ1) is 13.7. The number of rotatable bonds is 2. The standard InChI is InChI=1S/C15H24N2O3/c18-14(19)12-6-7-17(9-12)15(20)16-13-5-4-10-2-1-3-11(10)8-13/h10-13H,1-9H2,(H,16,20)(H,18,19). The molecule has 20 heavy (non-hydrogen) atoms. The van der Waals surface area contributed by atoms with Gasteiger partial charge in [0.15, 0.2) is 0 Å². The number of likely N-dealkylation sites (tertiary alicyclic amines) is 1. The highest BCUT2D eigenvalue weighted by Gasteiger charge is 2.36. The predicted molar refractivity (Wildman–Crippen MR) is 74.3 cm³/mol. The van der Waals surface area contributed by atoms with Crippen molar-refractivity contribution in [3.8, 4) is 0 Å². The van der Waals surface area contributed by atoms with Gasteiger partial charge in [0.25, 0.3) is 0 Å². The predicted octanol–water partition coefficient (Wildman–Crippen LogP) is 2.07. The number of carboxylic acids is 1. The van der Waals surface area contributed by atoms with Gasteiger partial charge in [-0.25, -0.2) is 4.79 Å². The molecule has 1 aliphatic heterocycles. The van der Waals surface area contributed by atoms with E-state index in [0.717, 1.165) is 24.7 Å². The van der Waals surface area contributed by atoms with E-state index < -0.39 is 5.97 Å². The number of nitrogens with zero attached hydrogens (tertiary/aromatic N) is 1. The average Bonchev–Trinajstić information content (AvgIpc) is 3.07. The summed E-state index contributed by atoms with van der Waals surface area (Å²) in [7, 11) is 0. The minimum absolute atomic E-state index is 0.0600. The van der Waals surface area contributed by atoms with Crippen molar-refractivity contribution in [3.63, 3.8) is 0 Å². The molecule has 0 radical (unpaired) electrons. The average molecular weight is 280 g/mol. The quantitative estimate of drug-likeness (QED) is 0.813. The number of carbonyl (C=O) groups is 2. The van der Waals surface area contributed by atoms with Crippen molar-refractivity contribution in [3.05, 3.63) is 0 Å². The summed E-state index contributed by atoms with van der Waals surface area (Å²) in [6.45, 7) is 0.932. The molecular formula is C15H24N2O3. The Hall–Kier alpha value is -1.26. The van der Waals surface area contributed by atoms with Crippen molar-refractivity contribution < 1.29 is 14.7 Å². The Bertz CT molecular complexity index is 399. The molecule has 1 saturated heterocycles. The van der Waals surface area contributed by atoms with Gasteiger partial charge in [0.05, 0.1) is 5.92 Å². The highest BCUT2D eigenvalue weighted by molar-refractivity contribution is 5.77. The minimum Gasteiger partial charge on any atom is -0.481 e. The number of nitrogens with one attached hydrogen (secondary N) is 1. The van der Waals surface area contributed by atoms with Gasteiger partial charge in [0.2, 0.25) is 0 Å². The van der Waals surface area contributed by atoms with E-state index in [9.17, 15) is 9.59 Å². The van der Waals surface area contributed by atoms with Crippen molar-refractivity contribution >= 4 is 12.0 Å². The molecule has 0 aromatic carbocycles. The van der Waals surface area contributed by atoms with E-state index in [1.807, 2.05) is 0 Å². The molecule has 0 bridgehead atoms. The fraction of sp³-hybridized carbons (Fsp3) is 0.867. The number of fused-ring (bicyclic) bond motifs is 1. The maximum Gasteiger partial charge on any atom is 0.317 e. The molecule has 2 amide bonds. The molecule has 3 rings (SSSR count). The topological polar surface area (TPSA) is 69.6 Å². The molecule has 3 fully saturated rings. The van der Waals surface area contributed by atoms with Crippen LogP contribution in [-0.2, 0) is 4.79 Å². The summed E-state index contributed by atoms with van der Waals surface area (Å²) in [5.41, 5.74) is 0. The lowest BCUT2D eigenvalue weighted by atomic mass is 9.79. The molecule has 0 aromatic rings. The van der Waals surface area contributed by atoms with Crippen LogP contribution in [0.1, 0.15) is 44.9 Å². The van der Waals surface area contributed by atoms with E-state index in [2.05, 4.69) is 5.32 Å². The van der Waals surface area contributed by atoms with Crippen molar-refractivity contribution in [2.24, 2.45) is 17.8 Å². The Morgan fingerprint density at radius 2 is 1.85 bits per heavy atom. The third-order valence-corrected chi connectivity index (χ3v) is 5.44. The number of amides is 2. The Balaban J connectivity index is 1.48. The number of carbonyl (C=O) groups excluding carboxylic acids is 1. The SMILES string of the molecule is O=C(O)C1CCN(C(=O)NC2CCC3CCCC3C2)C1. The number of hydrogen-bond donors (Lipinski definition) is 2. The molecule has 1 heterocycles. The van der Waals surface area contributed by atoms with Gasteiger partial charge in [-0.05, 0) is 37.5 Å². The third-order valence-electron chi connectivity index (χ3n) is 5.44. The monoisotopic (exact) mass is 280 g/mol. The summed E-state index contributed by atoms with van der Waals surface area (Å²) in [6.07, 6.45) is 8.07. The van der Waals surface area contributed by atoms with Crippen LogP contribution in [0.5, 0.6) is 0 Å². The molecule has 2 N–H and O–H groups in total. The van der Waals surface area contributed by atoms with Gasteiger partial charge in [-0.1, -0.05) is 19.3 Å². The summed E-state index contributed by atoms with van der Waals surface area (Å²) < 4.78 is 0. The van der Waals surface area contributed by atoms with Gasteiger partial charge < -0.3 is 15.3 Å². The Morgan fingerprint density at radius 3 is 2.60 bits per heavy atom. The lowest BCUT2D eigenvalue weighted by Gasteiger charge is -2.33. The van der Waals surface area contributed by atoms with E-state index in [-0.39, 0.29) is 11.9 Å². The molecule has 4 unspecified atom stereocenters. The van der Waals surface area contributed by atoms with Crippen molar-refractivity contribution in [2.45, 2.75) is 51.0 Å². The molecule has 4 atom stereocenters. The fourth-order valence-corrected chi connectivity index (χ4v) is 4.25. The maximum atomic E-state index is 12.2. The van der Waals surface area contributed by atoms with E-state index in [1.54, 1.807) is 4.90 Å².